The molecular formula is C30H27N3O3. The van der Waals surface area contributed by atoms with Gasteiger partial charge in [0.2, 0.25) is 5.91 Å². The molecule has 5 rings (SSSR count). The highest BCUT2D eigenvalue weighted by Gasteiger charge is 2.20. The Hall–Kier alpha value is -4.58. The van der Waals surface area contributed by atoms with Crippen molar-refractivity contribution in [3.8, 4) is 16.9 Å². The van der Waals surface area contributed by atoms with Gasteiger partial charge in [-0.05, 0) is 46.5 Å². The number of ether oxygens (including phenoxy) is 1. The molecule has 0 radical (unpaired) electrons. The predicted molar refractivity (Wildman–Crippen MR) is 141 cm³/mol. The van der Waals surface area contributed by atoms with Gasteiger partial charge in [-0.2, -0.15) is 0 Å². The fourth-order valence-corrected chi connectivity index (χ4v) is 4.42. The minimum atomic E-state index is -0.437. The predicted octanol–water partition coefficient (Wildman–Crippen LogP) is 4.78. The third-order valence-electron chi connectivity index (χ3n) is 6.31. The maximum Gasteiger partial charge on any atom is 0.251 e. The standard InChI is InChI=1S/C30H27N3O3/c31-29(34)26-9-5-4-8-25(26)23-12-10-22(11-13-23)20-33-16-17-36-28-18-24(14-15-27(28)33)30(35)32-19-21-6-2-1-3-7-21/h1-15,18H,16-17,19-20H2,(H2,31,34)(H,32,35). The first kappa shape index (κ1) is 23.2. The highest BCUT2D eigenvalue weighted by molar-refractivity contribution is 5.99. The summed E-state index contributed by atoms with van der Waals surface area (Å²) in [5, 5.41) is 2.97. The van der Waals surface area contributed by atoms with Crippen molar-refractivity contribution < 1.29 is 14.3 Å². The minimum absolute atomic E-state index is 0.130. The highest BCUT2D eigenvalue weighted by Crippen LogP contribution is 2.34. The fourth-order valence-electron chi connectivity index (χ4n) is 4.42. The summed E-state index contributed by atoms with van der Waals surface area (Å²) in [6.45, 7) is 2.47. The van der Waals surface area contributed by atoms with E-state index in [2.05, 4.69) is 22.3 Å². The number of nitrogens with two attached hydrogens (primary N) is 1. The van der Waals surface area contributed by atoms with Crippen LogP contribution in [0.2, 0.25) is 0 Å². The first-order chi connectivity index (χ1) is 17.6. The van der Waals surface area contributed by atoms with Crippen LogP contribution in [0.4, 0.5) is 5.69 Å². The third-order valence-corrected chi connectivity index (χ3v) is 6.31. The number of rotatable bonds is 7. The van der Waals surface area contributed by atoms with Gasteiger partial charge in [0.25, 0.3) is 5.91 Å². The lowest BCUT2D eigenvalue weighted by molar-refractivity contribution is 0.0949. The average Bonchev–Trinajstić information content (AvgIpc) is 2.92. The molecule has 0 aliphatic carbocycles. The molecule has 0 aromatic heterocycles. The van der Waals surface area contributed by atoms with Crippen LogP contribution in [-0.2, 0) is 13.1 Å². The smallest absolute Gasteiger partial charge is 0.251 e. The van der Waals surface area contributed by atoms with E-state index in [9.17, 15) is 9.59 Å². The van der Waals surface area contributed by atoms with E-state index in [0.717, 1.165) is 34.5 Å². The number of amides is 2. The van der Waals surface area contributed by atoms with Crippen LogP contribution in [0.5, 0.6) is 5.75 Å². The van der Waals surface area contributed by atoms with Crippen molar-refractivity contribution in [1.82, 2.24) is 5.32 Å². The zero-order valence-electron chi connectivity index (χ0n) is 19.8. The number of hydrogen-bond acceptors (Lipinski definition) is 4. The molecule has 0 saturated heterocycles. The Morgan fingerprint density at radius 3 is 2.39 bits per heavy atom. The molecule has 0 bridgehead atoms. The normalized spacial score (nSPS) is 12.4. The average molecular weight is 478 g/mol. The van der Waals surface area contributed by atoms with Crippen LogP contribution in [-0.4, -0.2) is 25.0 Å². The molecule has 4 aromatic rings. The molecule has 3 N–H and O–H groups in total. The van der Waals surface area contributed by atoms with Gasteiger partial charge >= 0.3 is 0 Å². The number of nitrogens with one attached hydrogen (secondary N) is 1. The van der Waals surface area contributed by atoms with Gasteiger partial charge in [-0.15, -0.1) is 0 Å². The molecule has 0 saturated carbocycles. The van der Waals surface area contributed by atoms with Gasteiger partial charge in [0.05, 0.1) is 12.2 Å². The molecule has 4 aromatic carbocycles. The molecule has 0 atom stereocenters. The summed E-state index contributed by atoms with van der Waals surface area (Å²) in [5.74, 6) is 0.141. The Morgan fingerprint density at radius 1 is 0.861 bits per heavy atom. The summed E-state index contributed by atoms with van der Waals surface area (Å²) in [5.41, 5.74) is 11.5. The van der Waals surface area contributed by atoms with Gasteiger partial charge in [-0.25, -0.2) is 0 Å². The van der Waals surface area contributed by atoms with Crippen LogP contribution < -0.4 is 20.7 Å². The molecule has 2 amide bonds. The lowest BCUT2D eigenvalue weighted by Gasteiger charge is -2.31. The number of nitrogens with zero attached hydrogens (tertiary/aromatic N) is 1. The molecular weight excluding hydrogens is 450 g/mol. The summed E-state index contributed by atoms with van der Waals surface area (Å²) in [7, 11) is 0. The molecule has 6 nitrogen and oxygen atoms in total. The van der Waals surface area contributed by atoms with Crippen LogP contribution in [0.15, 0.2) is 97.1 Å². The SMILES string of the molecule is NC(=O)c1ccccc1-c1ccc(CN2CCOc3cc(C(=O)NCc4ccccc4)ccc32)cc1. The number of benzene rings is 4. The second kappa shape index (κ2) is 10.4. The molecule has 1 aliphatic heterocycles. The van der Waals surface area contributed by atoms with E-state index in [1.54, 1.807) is 6.07 Å². The molecule has 0 fully saturated rings. The first-order valence-electron chi connectivity index (χ1n) is 11.9. The maximum absolute atomic E-state index is 12.7. The van der Waals surface area contributed by atoms with Gasteiger partial charge in [0, 0.05) is 24.2 Å². The molecule has 1 aliphatic rings. The lowest BCUT2D eigenvalue weighted by atomic mass is 9.98. The van der Waals surface area contributed by atoms with Crippen molar-refractivity contribution in [2.45, 2.75) is 13.1 Å². The van der Waals surface area contributed by atoms with Crippen LogP contribution >= 0.6 is 0 Å². The van der Waals surface area contributed by atoms with E-state index in [1.807, 2.05) is 78.9 Å². The Balaban J connectivity index is 1.28. The summed E-state index contributed by atoms with van der Waals surface area (Å²) in [6, 6.07) is 30.9. The van der Waals surface area contributed by atoms with Crippen molar-refractivity contribution in [3.05, 3.63) is 119 Å². The largest absolute Gasteiger partial charge is 0.490 e. The fraction of sp³-hybridized carbons (Fsp3) is 0.133. The van der Waals surface area contributed by atoms with Gasteiger partial charge in [0.1, 0.15) is 12.4 Å². The van der Waals surface area contributed by atoms with Gasteiger partial charge in [-0.1, -0.05) is 72.8 Å². The Labute approximate surface area is 210 Å². The van der Waals surface area contributed by atoms with Gasteiger partial charge in [-0.3, -0.25) is 9.59 Å². The first-order valence-corrected chi connectivity index (χ1v) is 11.9. The van der Waals surface area contributed by atoms with E-state index in [4.69, 9.17) is 10.5 Å². The second-order valence-corrected chi connectivity index (χ2v) is 8.73. The molecule has 36 heavy (non-hydrogen) atoms. The van der Waals surface area contributed by atoms with Crippen molar-refractivity contribution in [2.75, 3.05) is 18.1 Å². The summed E-state index contributed by atoms with van der Waals surface area (Å²) >= 11 is 0. The van der Waals surface area contributed by atoms with Crippen molar-refractivity contribution in [1.29, 1.82) is 0 Å². The Morgan fingerprint density at radius 2 is 1.61 bits per heavy atom. The zero-order chi connectivity index (χ0) is 24.9. The van der Waals surface area contributed by atoms with Gasteiger partial charge < -0.3 is 20.7 Å². The molecule has 0 unspecified atom stereocenters. The number of anilines is 1. The zero-order valence-corrected chi connectivity index (χ0v) is 19.8. The summed E-state index contributed by atoms with van der Waals surface area (Å²) in [6.07, 6.45) is 0. The van der Waals surface area contributed by atoms with Crippen molar-refractivity contribution in [3.63, 3.8) is 0 Å². The van der Waals surface area contributed by atoms with E-state index >= 15 is 0 Å². The van der Waals surface area contributed by atoms with Crippen LogP contribution in [0.3, 0.4) is 0 Å². The topological polar surface area (TPSA) is 84.7 Å². The number of carbonyl (C=O) groups excluding carboxylic acids is 2. The van der Waals surface area contributed by atoms with E-state index in [1.165, 1.54) is 0 Å². The quantitative estimate of drug-likeness (QED) is 0.401. The Kier molecular flexibility index (Phi) is 6.67. The van der Waals surface area contributed by atoms with Gasteiger partial charge in [0.15, 0.2) is 0 Å². The van der Waals surface area contributed by atoms with Crippen molar-refractivity contribution >= 4 is 17.5 Å². The number of hydrogen-bond donors (Lipinski definition) is 2. The van der Waals surface area contributed by atoms with Crippen LogP contribution in [0, 0.1) is 0 Å². The summed E-state index contributed by atoms with van der Waals surface area (Å²) < 4.78 is 5.89. The number of fused-ring (bicyclic) bond motifs is 1. The highest BCUT2D eigenvalue weighted by atomic mass is 16.5. The van der Waals surface area contributed by atoms with E-state index in [0.29, 0.717) is 36.6 Å². The molecule has 0 spiro atoms. The van der Waals surface area contributed by atoms with E-state index < -0.39 is 5.91 Å². The monoisotopic (exact) mass is 477 g/mol. The molecule has 6 heteroatoms. The van der Waals surface area contributed by atoms with Crippen LogP contribution in [0.1, 0.15) is 31.8 Å². The number of carbonyl (C=O) groups is 2. The maximum atomic E-state index is 12.7. The Bertz CT molecular complexity index is 1380. The van der Waals surface area contributed by atoms with Crippen molar-refractivity contribution in [2.24, 2.45) is 5.73 Å². The number of primary amides is 1. The lowest BCUT2D eigenvalue weighted by Crippen LogP contribution is -2.32. The third kappa shape index (κ3) is 5.08. The summed E-state index contributed by atoms with van der Waals surface area (Å²) in [4.78, 5) is 26.7. The molecule has 180 valence electrons. The second-order valence-electron chi connectivity index (χ2n) is 8.73. The minimum Gasteiger partial charge on any atom is -0.490 e. The van der Waals surface area contributed by atoms with E-state index in [-0.39, 0.29) is 5.91 Å². The van der Waals surface area contributed by atoms with Crippen LogP contribution in [0.25, 0.3) is 11.1 Å². The molecule has 1 heterocycles.